The fourth-order valence-electron chi connectivity index (χ4n) is 4.40. The molecule has 0 amide bonds. The van der Waals surface area contributed by atoms with Gasteiger partial charge in [0, 0.05) is 43.2 Å². The lowest BCUT2D eigenvalue weighted by Crippen LogP contribution is -2.46. The molecule has 0 aliphatic carbocycles. The van der Waals surface area contributed by atoms with Gasteiger partial charge in [-0.05, 0) is 25.5 Å². The summed E-state index contributed by atoms with van der Waals surface area (Å²) < 4.78 is 15.7. The predicted molar refractivity (Wildman–Crippen MR) is 129 cm³/mol. The summed E-state index contributed by atoms with van der Waals surface area (Å²) in [6.07, 6.45) is 3.76. The van der Waals surface area contributed by atoms with Crippen LogP contribution in [0.1, 0.15) is 46.1 Å². The summed E-state index contributed by atoms with van der Waals surface area (Å²) in [4.78, 5) is 39.4. The third-order valence-corrected chi connectivity index (χ3v) is 6.29. The Labute approximate surface area is 199 Å². The summed E-state index contributed by atoms with van der Waals surface area (Å²) in [5, 5.41) is 12.4. The Morgan fingerprint density at radius 3 is 2.63 bits per heavy atom. The Morgan fingerprint density at radius 1 is 1.20 bits per heavy atom. The zero-order valence-electron chi connectivity index (χ0n) is 19.1. The van der Waals surface area contributed by atoms with Gasteiger partial charge in [0.25, 0.3) is 5.56 Å². The smallest absolute Gasteiger partial charge is 0.358 e. The molecule has 1 aliphatic heterocycles. The van der Waals surface area contributed by atoms with Crippen molar-refractivity contribution in [2.45, 2.75) is 25.8 Å². The number of carbonyl (C=O) groups is 1. The van der Waals surface area contributed by atoms with Crippen molar-refractivity contribution in [2.24, 2.45) is 0 Å². The summed E-state index contributed by atoms with van der Waals surface area (Å²) >= 11 is 0. The number of nitrogens with zero attached hydrogens (tertiary/aromatic N) is 5. The van der Waals surface area contributed by atoms with Crippen molar-refractivity contribution in [3.8, 4) is 0 Å². The molecule has 9 nitrogen and oxygen atoms in total. The molecule has 1 fully saturated rings. The molecule has 35 heavy (non-hydrogen) atoms. The van der Waals surface area contributed by atoms with E-state index in [1.807, 2.05) is 23.1 Å². The second kappa shape index (κ2) is 8.79. The molecule has 1 atom stereocenters. The molecular formula is C25H23FN6O3. The Bertz CT molecular complexity index is 1480. The molecule has 10 heteroatoms. The van der Waals surface area contributed by atoms with Crippen molar-refractivity contribution in [3.63, 3.8) is 0 Å². The molecule has 0 bridgehead atoms. The van der Waals surface area contributed by atoms with Gasteiger partial charge in [-0.25, -0.2) is 24.1 Å². The molecule has 178 valence electrons. The van der Waals surface area contributed by atoms with Gasteiger partial charge in [-0.1, -0.05) is 30.3 Å². The first-order valence-electron chi connectivity index (χ1n) is 11.2. The molecular weight excluding hydrogens is 451 g/mol. The number of aromatic nitrogens is 4. The molecule has 0 radical (unpaired) electrons. The van der Waals surface area contributed by atoms with E-state index in [0.29, 0.717) is 28.5 Å². The summed E-state index contributed by atoms with van der Waals surface area (Å²) in [6.45, 7) is 4.85. The molecule has 1 aromatic carbocycles. The first kappa shape index (κ1) is 22.5. The number of carboxylic acid groups (broad SMARTS) is 1. The maximum atomic E-state index is 14.5. The maximum absolute atomic E-state index is 14.5. The zero-order valence-corrected chi connectivity index (χ0v) is 19.1. The van der Waals surface area contributed by atoms with Gasteiger partial charge in [0.2, 0.25) is 0 Å². The maximum Gasteiger partial charge on any atom is 0.358 e. The van der Waals surface area contributed by atoms with E-state index in [-0.39, 0.29) is 17.1 Å². The fourth-order valence-corrected chi connectivity index (χ4v) is 4.40. The van der Waals surface area contributed by atoms with E-state index in [0.717, 1.165) is 19.3 Å². The van der Waals surface area contributed by atoms with Crippen LogP contribution >= 0.6 is 0 Å². The molecule has 0 saturated carbocycles. The van der Waals surface area contributed by atoms with Gasteiger partial charge >= 0.3 is 5.97 Å². The molecule has 5 rings (SSSR count). The standard InChI is InChI=1S/C25H23FN6O3/c1-14-22(31-11-17(12-31)16-6-4-3-5-7-16)30-23-19(10-18(26)13-32(23)24(14)33)15(2)29-21-20(25(34)35)27-8-9-28-21/h3-10,13,15,17H,11-12H2,1-2H3,(H,28,29)(H,34,35)/t15-/m1/s1. The fraction of sp³-hybridized carbons (Fsp3) is 0.240. The Hall–Kier alpha value is -4.34. The van der Waals surface area contributed by atoms with Crippen molar-refractivity contribution in [1.29, 1.82) is 0 Å². The van der Waals surface area contributed by atoms with Crippen molar-refractivity contribution in [2.75, 3.05) is 23.3 Å². The van der Waals surface area contributed by atoms with E-state index in [1.165, 1.54) is 28.4 Å². The van der Waals surface area contributed by atoms with E-state index >= 15 is 0 Å². The topological polar surface area (TPSA) is 113 Å². The predicted octanol–water partition coefficient (Wildman–Crippen LogP) is 3.41. The molecule has 0 unspecified atom stereocenters. The van der Waals surface area contributed by atoms with Crippen molar-refractivity contribution in [1.82, 2.24) is 19.4 Å². The highest BCUT2D eigenvalue weighted by molar-refractivity contribution is 5.90. The normalized spacial score (nSPS) is 14.5. The number of nitrogens with one attached hydrogen (secondary N) is 1. The molecule has 4 heterocycles. The van der Waals surface area contributed by atoms with Gasteiger partial charge in [0.1, 0.15) is 17.3 Å². The largest absolute Gasteiger partial charge is 0.476 e. The summed E-state index contributed by atoms with van der Waals surface area (Å²) in [5.41, 5.74) is 1.75. The molecule has 1 saturated heterocycles. The quantitative estimate of drug-likeness (QED) is 0.437. The van der Waals surface area contributed by atoms with Gasteiger partial charge in [0.05, 0.1) is 11.6 Å². The number of hydrogen-bond acceptors (Lipinski definition) is 7. The number of anilines is 2. The zero-order chi connectivity index (χ0) is 24.7. The lowest BCUT2D eigenvalue weighted by Gasteiger charge is -2.41. The van der Waals surface area contributed by atoms with Gasteiger partial charge in [-0.15, -0.1) is 0 Å². The van der Waals surface area contributed by atoms with Crippen LogP contribution in [0, 0.1) is 12.7 Å². The van der Waals surface area contributed by atoms with Crippen LogP contribution in [0.3, 0.4) is 0 Å². The van der Waals surface area contributed by atoms with Crippen LogP contribution in [0.2, 0.25) is 0 Å². The Balaban J connectivity index is 1.52. The van der Waals surface area contributed by atoms with E-state index in [2.05, 4.69) is 27.4 Å². The van der Waals surface area contributed by atoms with Crippen LogP contribution < -0.4 is 15.8 Å². The second-order valence-electron chi connectivity index (χ2n) is 8.61. The highest BCUT2D eigenvalue weighted by atomic mass is 19.1. The second-order valence-corrected chi connectivity index (χ2v) is 8.61. The van der Waals surface area contributed by atoms with Crippen LogP contribution in [-0.2, 0) is 0 Å². The SMILES string of the molecule is Cc1c(N2CC(c3ccccc3)C2)nc2c([C@@H](C)Nc3nccnc3C(=O)O)cc(F)cn2c1=O. The monoisotopic (exact) mass is 474 g/mol. The average Bonchev–Trinajstić information content (AvgIpc) is 2.82. The minimum absolute atomic E-state index is 0.0399. The van der Waals surface area contributed by atoms with Gasteiger partial charge in [-0.3, -0.25) is 9.20 Å². The summed E-state index contributed by atoms with van der Waals surface area (Å²) in [6, 6.07) is 10.8. The minimum atomic E-state index is -1.24. The van der Waals surface area contributed by atoms with E-state index in [4.69, 9.17) is 4.98 Å². The number of benzene rings is 1. The molecule has 0 spiro atoms. The van der Waals surface area contributed by atoms with E-state index in [9.17, 15) is 19.1 Å². The number of rotatable bonds is 6. The number of hydrogen-bond donors (Lipinski definition) is 2. The molecule has 3 aromatic heterocycles. The molecule has 4 aromatic rings. The molecule has 1 aliphatic rings. The van der Waals surface area contributed by atoms with Crippen LogP contribution in [0.25, 0.3) is 5.65 Å². The third kappa shape index (κ3) is 4.07. The first-order chi connectivity index (χ1) is 16.8. The van der Waals surface area contributed by atoms with Crippen LogP contribution in [-0.4, -0.2) is 43.5 Å². The minimum Gasteiger partial charge on any atom is -0.476 e. The van der Waals surface area contributed by atoms with E-state index in [1.54, 1.807) is 13.8 Å². The number of halogens is 1. The van der Waals surface area contributed by atoms with Crippen LogP contribution in [0.5, 0.6) is 0 Å². The number of pyridine rings is 1. The van der Waals surface area contributed by atoms with Crippen molar-refractivity contribution in [3.05, 3.63) is 93.5 Å². The lowest BCUT2D eigenvalue weighted by atomic mass is 9.91. The Kier molecular flexibility index (Phi) is 5.64. The van der Waals surface area contributed by atoms with E-state index < -0.39 is 17.8 Å². The van der Waals surface area contributed by atoms with Gasteiger partial charge in [-0.2, -0.15) is 0 Å². The average molecular weight is 474 g/mol. The van der Waals surface area contributed by atoms with Gasteiger partial charge < -0.3 is 15.3 Å². The summed E-state index contributed by atoms with van der Waals surface area (Å²) in [7, 11) is 0. The highest BCUT2D eigenvalue weighted by Gasteiger charge is 2.31. The lowest BCUT2D eigenvalue weighted by molar-refractivity contribution is 0.0691. The number of carboxylic acids is 1. The summed E-state index contributed by atoms with van der Waals surface area (Å²) in [5.74, 6) is -0.904. The number of fused-ring (bicyclic) bond motifs is 1. The van der Waals surface area contributed by atoms with Crippen LogP contribution in [0.4, 0.5) is 16.0 Å². The third-order valence-electron chi connectivity index (χ3n) is 6.29. The van der Waals surface area contributed by atoms with Crippen LogP contribution in [0.15, 0.2) is 59.8 Å². The van der Waals surface area contributed by atoms with Crippen molar-refractivity contribution >= 4 is 23.3 Å². The highest BCUT2D eigenvalue weighted by Crippen LogP contribution is 2.32. The molecule has 2 N–H and O–H groups in total. The van der Waals surface area contributed by atoms with Gasteiger partial charge in [0.15, 0.2) is 11.5 Å². The van der Waals surface area contributed by atoms with Crippen molar-refractivity contribution < 1.29 is 14.3 Å². The Morgan fingerprint density at radius 2 is 1.91 bits per heavy atom. The first-order valence-corrected chi connectivity index (χ1v) is 11.2. The number of aromatic carboxylic acids is 1.